The number of benzene rings is 1. The molecule has 0 unspecified atom stereocenters. The molecule has 34 heavy (non-hydrogen) atoms. The number of thioether (sulfide) groups is 1. The minimum Gasteiger partial charge on any atom is -0.353 e. The van der Waals surface area contributed by atoms with E-state index in [2.05, 4.69) is 10.6 Å². The number of nitrogens with one attached hydrogen (secondary N) is 2. The number of carbonyl (C=O) groups is 5. The van der Waals surface area contributed by atoms with Crippen LogP contribution in [0.25, 0.3) is 6.08 Å². The van der Waals surface area contributed by atoms with Crippen molar-refractivity contribution in [1.82, 2.24) is 20.4 Å². The quantitative estimate of drug-likeness (QED) is 0.385. The van der Waals surface area contributed by atoms with E-state index in [4.69, 9.17) is 0 Å². The second kappa shape index (κ2) is 10.8. The maximum Gasteiger partial charge on any atom is 0.325 e. The van der Waals surface area contributed by atoms with Crippen molar-refractivity contribution in [2.75, 3.05) is 19.6 Å². The van der Waals surface area contributed by atoms with Crippen molar-refractivity contribution >= 4 is 46.8 Å². The highest BCUT2D eigenvalue weighted by Crippen LogP contribution is 2.32. The van der Waals surface area contributed by atoms with E-state index in [1.165, 1.54) is 30.3 Å². The van der Waals surface area contributed by atoms with E-state index >= 15 is 0 Å². The van der Waals surface area contributed by atoms with Gasteiger partial charge in [0.05, 0.1) is 4.91 Å². The fraction of sp³-hybridized carbons (Fsp3) is 0.435. The first kappa shape index (κ1) is 25.4. The van der Waals surface area contributed by atoms with Crippen molar-refractivity contribution < 1.29 is 28.4 Å². The Kier molecular flexibility index (Phi) is 8.08. The number of nitrogens with zero attached hydrogens (tertiary/aromatic N) is 2. The highest BCUT2D eigenvalue weighted by atomic mass is 32.2. The van der Waals surface area contributed by atoms with E-state index in [-0.39, 0.29) is 18.0 Å². The number of amides is 6. The number of hydrogen-bond donors (Lipinski definition) is 2. The molecule has 11 heteroatoms. The fourth-order valence-electron chi connectivity index (χ4n) is 4.05. The van der Waals surface area contributed by atoms with Gasteiger partial charge >= 0.3 is 6.03 Å². The van der Waals surface area contributed by atoms with E-state index in [0.717, 1.165) is 21.6 Å². The summed E-state index contributed by atoms with van der Waals surface area (Å²) in [5.74, 6) is -1.89. The summed E-state index contributed by atoms with van der Waals surface area (Å²) in [6.45, 7) is 3.32. The molecular formula is C23H27FN4O5S. The fourth-order valence-corrected chi connectivity index (χ4v) is 4.91. The zero-order chi connectivity index (χ0) is 24.9. The van der Waals surface area contributed by atoms with E-state index < -0.39 is 46.9 Å². The molecule has 0 saturated carbocycles. The molecular weight excluding hydrogens is 463 g/mol. The molecule has 9 nitrogen and oxygen atoms in total. The molecule has 0 aliphatic carbocycles. The van der Waals surface area contributed by atoms with Gasteiger partial charge in [-0.15, -0.1) is 0 Å². The number of hydrogen-bond acceptors (Lipinski definition) is 6. The van der Waals surface area contributed by atoms with Gasteiger partial charge in [-0.2, -0.15) is 0 Å². The van der Waals surface area contributed by atoms with Gasteiger partial charge in [0, 0.05) is 13.1 Å². The number of rotatable bonds is 10. The lowest BCUT2D eigenvalue weighted by Crippen LogP contribution is -2.48. The van der Waals surface area contributed by atoms with E-state index in [0.29, 0.717) is 31.2 Å². The van der Waals surface area contributed by atoms with E-state index in [1.54, 1.807) is 0 Å². The average Bonchev–Trinajstić information content (AvgIpc) is 3.18. The third kappa shape index (κ3) is 5.46. The van der Waals surface area contributed by atoms with Crippen LogP contribution in [0.5, 0.6) is 0 Å². The first-order valence-corrected chi connectivity index (χ1v) is 11.9. The van der Waals surface area contributed by atoms with Gasteiger partial charge in [0.15, 0.2) is 0 Å². The van der Waals surface area contributed by atoms with Crippen molar-refractivity contribution in [3.05, 3.63) is 40.6 Å². The third-order valence-corrected chi connectivity index (χ3v) is 6.51. The largest absolute Gasteiger partial charge is 0.353 e. The van der Waals surface area contributed by atoms with Crippen LogP contribution in [0.1, 0.15) is 45.1 Å². The molecule has 0 aromatic heterocycles. The average molecular weight is 491 g/mol. The van der Waals surface area contributed by atoms with Crippen LogP contribution in [0.15, 0.2) is 29.2 Å². The summed E-state index contributed by atoms with van der Waals surface area (Å²) in [4.78, 5) is 64.5. The van der Waals surface area contributed by atoms with Crippen molar-refractivity contribution in [3.8, 4) is 0 Å². The Morgan fingerprint density at radius 2 is 1.74 bits per heavy atom. The smallest absolute Gasteiger partial charge is 0.325 e. The Hall–Kier alpha value is -3.21. The monoisotopic (exact) mass is 490 g/mol. The van der Waals surface area contributed by atoms with Crippen LogP contribution in [0.3, 0.4) is 0 Å². The highest BCUT2D eigenvalue weighted by Gasteiger charge is 2.50. The van der Waals surface area contributed by atoms with Crippen LogP contribution in [-0.4, -0.2) is 64.0 Å². The van der Waals surface area contributed by atoms with Gasteiger partial charge in [-0.25, -0.2) is 9.18 Å². The van der Waals surface area contributed by atoms with Gasteiger partial charge in [-0.05, 0) is 48.4 Å². The van der Waals surface area contributed by atoms with Crippen LogP contribution >= 0.6 is 11.8 Å². The lowest BCUT2D eigenvalue weighted by molar-refractivity contribution is -0.135. The first-order chi connectivity index (χ1) is 16.2. The predicted molar refractivity (Wildman–Crippen MR) is 125 cm³/mol. The maximum atomic E-state index is 13.1. The molecule has 1 aromatic rings. The summed E-state index contributed by atoms with van der Waals surface area (Å²) >= 11 is 0.762. The Labute approximate surface area is 201 Å². The van der Waals surface area contributed by atoms with Crippen LogP contribution in [0, 0.1) is 5.82 Å². The van der Waals surface area contributed by atoms with Crippen LogP contribution < -0.4 is 10.6 Å². The SMILES string of the molecule is CCCC1(CCC)NC(=O)N(CC(=O)NCCN2C(=O)SC(=Cc3ccc(F)cc3)C2=O)C1=O. The summed E-state index contributed by atoms with van der Waals surface area (Å²) in [6, 6.07) is 4.90. The molecule has 2 saturated heterocycles. The standard InChI is InChI=1S/C23H27FN4O5S/c1-3-9-23(10-4-2)20(31)28(21(32)26-23)14-18(29)25-11-12-27-19(30)17(34-22(27)33)13-15-5-7-16(24)8-6-15/h5-8,13H,3-4,9-12,14H2,1-2H3,(H,25,29)(H,26,32). The zero-order valence-electron chi connectivity index (χ0n) is 19.1. The molecule has 0 atom stereocenters. The number of imide groups is 2. The van der Waals surface area contributed by atoms with E-state index in [1.807, 2.05) is 13.8 Å². The topological polar surface area (TPSA) is 116 Å². The summed E-state index contributed by atoms with van der Waals surface area (Å²) in [7, 11) is 0. The molecule has 6 amide bonds. The second-order valence-electron chi connectivity index (χ2n) is 8.14. The maximum absolute atomic E-state index is 13.1. The van der Waals surface area contributed by atoms with Gasteiger partial charge in [0.2, 0.25) is 5.91 Å². The minimum absolute atomic E-state index is 0.0284. The molecule has 0 radical (unpaired) electrons. The van der Waals surface area contributed by atoms with Gasteiger partial charge in [-0.1, -0.05) is 38.8 Å². The summed E-state index contributed by atoms with van der Waals surface area (Å²) < 4.78 is 13.1. The lowest BCUT2D eigenvalue weighted by Gasteiger charge is -2.25. The summed E-state index contributed by atoms with van der Waals surface area (Å²) in [5.41, 5.74) is -0.393. The van der Waals surface area contributed by atoms with Crippen LogP contribution in [0.4, 0.5) is 14.0 Å². The zero-order valence-corrected chi connectivity index (χ0v) is 19.9. The summed E-state index contributed by atoms with van der Waals surface area (Å²) in [6.07, 6.45) is 3.90. The van der Waals surface area contributed by atoms with Gasteiger partial charge in [-0.3, -0.25) is 29.0 Å². The highest BCUT2D eigenvalue weighted by molar-refractivity contribution is 8.18. The van der Waals surface area contributed by atoms with Crippen molar-refractivity contribution in [2.45, 2.75) is 45.1 Å². The molecule has 182 valence electrons. The first-order valence-electron chi connectivity index (χ1n) is 11.1. The number of halogens is 1. The Bertz CT molecular complexity index is 1020. The molecule has 2 fully saturated rings. The molecule has 2 aliphatic rings. The Balaban J connectivity index is 1.53. The molecule has 1 aromatic carbocycles. The summed E-state index contributed by atoms with van der Waals surface area (Å²) in [5, 5.41) is 4.82. The lowest BCUT2D eigenvalue weighted by atomic mass is 9.88. The van der Waals surface area contributed by atoms with Crippen molar-refractivity contribution in [3.63, 3.8) is 0 Å². The van der Waals surface area contributed by atoms with Crippen molar-refractivity contribution in [1.29, 1.82) is 0 Å². The molecule has 0 bridgehead atoms. The predicted octanol–water partition coefficient (Wildman–Crippen LogP) is 2.87. The van der Waals surface area contributed by atoms with Crippen molar-refractivity contribution in [2.24, 2.45) is 0 Å². The molecule has 3 rings (SSSR count). The van der Waals surface area contributed by atoms with Gasteiger partial charge in [0.1, 0.15) is 17.9 Å². The molecule has 0 spiro atoms. The normalized spacial score (nSPS) is 18.7. The third-order valence-electron chi connectivity index (χ3n) is 5.60. The minimum atomic E-state index is -0.972. The molecule has 2 N–H and O–H groups in total. The molecule has 2 heterocycles. The van der Waals surface area contributed by atoms with Crippen LogP contribution in [-0.2, 0) is 14.4 Å². The van der Waals surface area contributed by atoms with E-state index in [9.17, 15) is 28.4 Å². The Morgan fingerprint density at radius 1 is 1.09 bits per heavy atom. The van der Waals surface area contributed by atoms with Gasteiger partial charge < -0.3 is 10.6 Å². The van der Waals surface area contributed by atoms with Crippen LogP contribution in [0.2, 0.25) is 0 Å². The second-order valence-corrected chi connectivity index (χ2v) is 9.13. The van der Waals surface area contributed by atoms with Gasteiger partial charge in [0.25, 0.3) is 17.1 Å². The number of urea groups is 1. The number of carbonyl (C=O) groups excluding carboxylic acids is 5. The Morgan fingerprint density at radius 3 is 2.35 bits per heavy atom. The molecule has 2 aliphatic heterocycles.